The van der Waals surface area contributed by atoms with Crippen molar-refractivity contribution < 1.29 is 14.4 Å². The number of halogens is 1. The van der Waals surface area contributed by atoms with Gasteiger partial charge < -0.3 is 14.9 Å². The molecule has 0 aliphatic heterocycles. The van der Waals surface area contributed by atoms with Crippen LogP contribution in [0.15, 0.2) is 28.8 Å². The molecule has 0 unspecified atom stereocenters. The van der Waals surface area contributed by atoms with Gasteiger partial charge in [-0.25, -0.2) is 0 Å². The van der Waals surface area contributed by atoms with E-state index in [1.54, 1.807) is 25.1 Å². The molecule has 0 saturated carbocycles. The molecular weight excluding hydrogens is 292 g/mol. The van der Waals surface area contributed by atoms with Gasteiger partial charge in [0, 0.05) is 18.1 Å². The zero-order valence-electron chi connectivity index (χ0n) is 11.3. The Morgan fingerprint density at radius 2 is 2.29 bits per heavy atom. The van der Waals surface area contributed by atoms with Crippen molar-refractivity contribution in [3.8, 4) is 11.8 Å². The zero-order valence-corrected chi connectivity index (χ0v) is 12.1. The molecule has 1 heterocycles. The summed E-state index contributed by atoms with van der Waals surface area (Å²) in [5.41, 5.74) is 1.75. The number of rotatable bonds is 3. The maximum atomic E-state index is 12.0. The average molecular weight is 305 g/mol. The van der Waals surface area contributed by atoms with Crippen molar-refractivity contribution in [3.63, 3.8) is 0 Å². The van der Waals surface area contributed by atoms with E-state index in [1.807, 2.05) is 0 Å². The fourth-order valence-corrected chi connectivity index (χ4v) is 1.74. The van der Waals surface area contributed by atoms with Crippen LogP contribution in [0, 0.1) is 18.8 Å². The van der Waals surface area contributed by atoms with Crippen LogP contribution in [0.5, 0.6) is 0 Å². The van der Waals surface area contributed by atoms with Gasteiger partial charge >= 0.3 is 0 Å². The maximum Gasteiger partial charge on any atom is 0.294 e. The molecule has 0 saturated heterocycles. The number of nitrogens with zero attached hydrogens (tertiary/aromatic N) is 1. The summed E-state index contributed by atoms with van der Waals surface area (Å²) in [4.78, 5) is 12.0. The summed E-state index contributed by atoms with van der Waals surface area (Å²) in [6, 6.07) is 6.58. The summed E-state index contributed by atoms with van der Waals surface area (Å²) in [5.74, 6) is 5.36. The summed E-state index contributed by atoms with van der Waals surface area (Å²) in [6.45, 7) is 1.74. The molecule has 2 rings (SSSR count). The smallest absolute Gasteiger partial charge is 0.294 e. The van der Waals surface area contributed by atoms with Crippen molar-refractivity contribution in [2.45, 2.75) is 13.3 Å². The predicted molar refractivity (Wildman–Crippen MR) is 79.2 cm³/mol. The lowest BCUT2D eigenvalue weighted by molar-refractivity contribution is 0.0988. The van der Waals surface area contributed by atoms with Crippen molar-refractivity contribution in [1.29, 1.82) is 0 Å². The molecule has 0 aliphatic rings. The van der Waals surface area contributed by atoms with E-state index in [1.165, 1.54) is 6.07 Å². The number of nitrogens with one attached hydrogen (secondary N) is 1. The molecule has 0 atom stereocenters. The first-order valence-electron chi connectivity index (χ1n) is 6.24. The molecule has 0 spiro atoms. The van der Waals surface area contributed by atoms with E-state index in [9.17, 15) is 4.79 Å². The van der Waals surface area contributed by atoms with E-state index in [4.69, 9.17) is 21.2 Å². The molecule has 0 bridgehead atoms. The normalized spacial score (nSPS) is 9.86. The maximum absolute atomic E-state index is 12.0. The van der Waals surface area contributed by atoms with Gasteiger partial charge in [0.1, 0.15) is 0 Å². The van der Waals surface area contributed by atoms with Crippen LogP contribution in [-0.4, -0.2) is 22.8 Å². The third-order valence-corrected chi connectivity index (χ3v) is 2.87. The summed E-state index contributed by atoms with van der Waals surface area (Å²) in [5, 5.41) is 15.4. The molecule has 0 radical (unpaired) electrons. The van der Waals surface area contributed by atoms with Crippen molar-refractivity contribution in [2.75, 3.05) is 11.9 Å². The van der Waals surface area contributed by atoms with Gasteiger partial charge in [0.25, 0.3) is 5.91 Å². The second-order valence-corrected chi connectivity index (χ2v) is 4.66. The SMILES string of the molecule is Cc1cc(C(=O)Nc2cc(C#CCCO)ccc2Cl)on1. The predicted octanol–water partition coefficient (Wildman–Crippen LogP) is 2.62. The quantitative estimate of drug-likeness (QED) is 0.855. The second-order valence-electron chi connectivity index (χ2n) is 4.26. The Balaban J connectivity index is 2.17. The summed E-state index contributed by atoms with van der Waals surface area (Å²) in [7, 11) is 0. The van der Waals surface area contributed by atoms with Crippen molar-refractivity contribution in [2.24, 2.45) is 0 Å². The lowest BCUT2D eigenvalue weighted by Gasteiger charge is -2.05. The first-order chi connectivity index (χ1) is 10.1. The number of amides is 1. The van der Waals surface area contributed by atoms with Crippen molar-refractivity contribution >= 4 is 23.2 Å². The highest BCUT2D eigenvalue weighted by molar-refractivity contribution is 6.33. The van der Waals surface area contributed by atoms with E-state index in [2.05, 4.69) is 22.3 Å². The van der Waals surface area contributed by atoms with Gasteiger partial charge in [-0.3, -0.25) is 4.79 Å². The van der Waals surface area contributed by atoms with Gasteiger partial charge in [-0.2, -0.15) is 0 Å². The summed E-state index contributed by atoms with van der Waals surface area (Å²) >= 11 is 6.05. The van der Waals surface area contributed by atoms with Crippen LogP contribution in [0.2, 0.25) is 5.02 Å². The van der Waals surface area contributed by atoms with Gasteiger partial charge in [-0.05, 0) is 25.1 Å². The van der Waals surface area contributed by atoms with Crippen LogP contribution < -0.4 is 5.32 Å². The Hall–Kier alpha value is -2.29. The van der Waals surface area contributed by atoms with E-state index in [0.717, 1.165) is 0 Å². The molecule has 1 aromatic heterocycles. The van der Waals surface area contributed by atoms with E-state index in [-0.39, 0.29) is 12.4 Å². The van der Waals surface area contributed by atoms with Crippen LogP contribution in [0.3, 0.4) is 0 Å². The second kappa shape index (κ2) is 6.93. The summed E-state index contributed by atoms with van der Waals surface area (Å²) in [6.07, 6.45) is 0.391. The Bertz CT molecular complexity index is 713. The number of aliphatic hydroxyl groups is 1. The van der Waals surface area contributed by atoms with Gasteiger partial charge in [0.15, 0.2) is 0 Å². The third-order valence-electron chi connectivity index (χ3n) is 2.54. The van der Waals surface area contributed by atoms with E-state index >= 15 is 0 Å². The Morgan fingerprint density at radius 3 is 2.95 bits per heavy atom. The number of aryl methyl sites for hydroxylation is 1. The number of hydrogen-bond acceptors (Lipinski definition) is 4. The Morgan fingerprint density at radius 1 is 1.48 bits per heavy atom. The number of benzene rings is 1. The van der Waals surface area contributed by atoms with Gasteiger partial charge in [-0.1, -0.05) is 28.6 Å². The van der Waals surface area contributed by atoms with Crippen LogP contribution in [0.4, 0.5) is 5.69 Å². The lowest BCUT2D eigenvalue weighted by atomic mass is 10.2. The fourth-order valence-electron chi connectivity index (χ4n) is 1.57. The van der Waals surface area contributed by atoms with Gasteiger partial charge in [-0.15, -0.1) is 0 Å². The highest BCUT2D eigenvalue weighted by Crippen LogP contribution is 2.23. The highest BCUT2D eigenvalue weighted by Gasteiger charge is 2.13. The molecule has 21 heavy (non-hydrogen) atoms. The minimum Gasteiger partial charge on any atom is -0.395 e. The highest BCUT2D eigenvalue weighted by atomic mass is 35.5. The molecule has 5 nitrogen and oxygen atoms in total. The topological polar surface area (TPSA) is 75.4 Å². The zero-order chi connectivity index (χ0) is 15.2. The number of anilines is 1. The standard InChI is InChI=1S/C15H13ClN2O3/c1-10-8-14(21-18-10)15(20)17-13-9-11(4-2-3-7-19)5-6-12(13)16/h5-6,8-9,19H,3,7H2,1H3,(H,17,20). The number of aromatic nitrogens is 1. The van der Waals surface area contributed by atoms with E-state index < -0.39 is 5.91 Å². The molecular formula is C15H13ClN2O3. The molecule has 2 aromatic rings. The number of carbonyl (C=O) groups excluding carboxylic acids is 1. The van der Waals surface area contributed by atoms with Crippen LogP contribution in [-0.2, 0) is 0 Å². The van der Waals surface area contributed by atoms with Gasteiger partial charge in [0.2, 0.25) is 5.76 Å². The first kappa shape index (κ1) is 15.1. The fraction of sp³-hybridized carbons (Fsp3) is 0.200. The third kappa shape index (κ3) is 4.09. The van der Waals surface area contributed by atoms with Crippen molar-refractivity contribution in [1.82, 2.24) is 5.16 Å². The monoisotopic (exact) mass is 304 g/mol. The number of aliphatic hydroxyl groups excluding tert-OH is 1. The van der Waals surface area contributed by atoms with Gasteiger partial charge in [0.05, 0.1) is 23.0 Å². The molecule has 6 heteroatoms. The molecule has 0 fully saturated rings. The first-order valence-corrected chi connectivity index (χ1v) is 6.62. The molecule has 0 aliphatic carbocycles. The minimum atomic E-state index is -0.432. The Kier molecular flexibility index (Phi) is 4.99. The number of carbonyl (C=O) groups is 1. The van der Waals surface area contributed by atoms with Crippen LogP contribution >= 0.6 is 11.6 Å². The van der Waals surface area contributed by atoms with Crippen molar-refractivity contribution in [3.05, 3.63) is 46.3 Å². The van der Waals surface area contributed by atoms with Crippen LogP contribution in [0.1, 0.15) is 28.2 Å². The molecule has 1 aromatic carbocycles. The largest absolute Gasteiger partial charge is 0.395 e. The molecule has 1 amide bonds. The lowest BCUT2D eigenvalue weighted by Crippen LogP contribution is -2.11. The summed E-state index contributed by atoms with van der Waals surface area (Å²) < 4.78 is 4.89. The number of hydrogen-bond donors (Lipinski definition) is 2. The van der Waals surface area contributed by atoms with Crippen LogP contribution in [0.25, 0.3) is 0 Å². The molecule has 108 valence electrons. The molecule has 2 N–H and O–H groups in total. The minimum absolute atomic E-state index is 0.00896. The van der Waals surface area contributed by atoms with E-state index in [0.29, 0.717) is 28.4 Å². The Labute approximate surface area is 126 Å². The average Bonchev–Trinajstić information content (AvgIpc) is 2.89.